The fourth-order valence-electron chi connectivity index (χ4n) is 1.39. The van der Waals surface area contributed by atoms with Gasteiger partial charge in [-0.3, -0.25) is 16.0 Å². The quantitative estimate of drug-likeness (QED) is 0.527. The zero-order valence-corrected chi connectivity index (χ0v) is 9.07. The number of hydrazine groups is 1. The van der Waals surface area contributed by atoms with Crippen LogP contribution in [0.3, 0.4) is 0 Å². The second-order valence-corrected chi connectivity index (χ2v) is 3.71. The topological polar surface area (TPSA) is 68.8 Å². The smallest absolute Gasteiger partial charge is 0.138 e. The molecule has 0 fully saturated rings. The van der Waals surface area contributed by atoms with E-state index >= 15 is 0 Å². The minimum atomic E-state index is 0.254. The van der Waals surface area contributed by atoms with Crippen LogP contribution in [0.5, 0.6) is 0 Å². The zero-order valence-electron chi connectivity index (χ0n) is 9.07. The number of hydrogen-bond acceptors (Lipinski definition) is 4. The molecule has 0 saturated heterocycles. The van der Waals surface area contributed by atoms with E-state index in [4.69, 9.17) is 5.84 Å². The van der Waals surface area contributed by atoms with Crippen molar-refractivity contribution in [2.75, 3.05) is 0 Å². The van der Waals surface area contributed by atoms with Crippen molar-refractivity contribution in [1.82, 2.24) is 20.2 Å². The highest BCUT2D eigenvalue weighted by Crippen LogP contribution is 2.07. The number of nitrogens with two attached hydrogens (primary N) is 1. The van der Waals surface area contributed by atoms with Crippen molar-refractivity contribution in [1.29, 1.82) is 0 Å². The average Bonchev–Trinajstić information content (AvgIpc) is 2.60. The van der Waals surface area contributed by atoms with Crippen LogP contribution >= 0.6 is 0 Å². The molecular formula is C9H19N5. The van der Waals surface area contributed by atoms with Gasteiger partial charge in [-0.25, -0.2) is 4.98 Å². The normalized spacial score (nSPS) is 13.5. The molecule has 1 unspecified atom stereocenters. The van der Waals surface area contributed by atoms with Crippen LogP contribution in [-0.4, -0.2) is 20.8 Å². The Morgan fingerprint density at radius 2 is 2.29 bits per heavy atom. The maximum absolute atomic E-state index is 5.47. The maximum atomic E-state index is 5.47. The van der Waals surface area contributed by atoms with Gasteiger partial charge >= 0.3 is 0 Å². The van der Waals surface area contributed by atoms with Crippen molar-refractivity contribution in [3.8, 4) is 0 Å². The lowest BCUT2D eigenvalue weighted by Gasteiger charge is -2.19. The summed E-state index contributed by atoms with van der Waals surface area (Å²) in [6.07, 6.45) is 2.41. The second-order valence-electron chi connectivity index (χ2n) is 3.71. The van der Waals surface area contributed by atoms with Gasteiger partial charge in [0.05, 0.1) is 0 Å². The van der Waals surface area contributed by atoms with E-state index in [0.717, 1.165) is 18.8 Å². The summed E-state index contributed by atoms with van der Waals surface area (Å²) in [5.74, 6) is 6.95. The third-order valence-corrected chi connectivity index (χ3v) is 2.42. The molecule has 0 bridgehead atoms. The number of nitrogens with zero attached hydrogens (tertiary/aromatic N) is 3. The lowest BCUT2D eigenvalue weighted by Crippen LogP contribution is -2.41. The predicted octanol–water partition coefficient (Wildman–Crippen LogP) is 0.328. The van der Waals surface area contributed by atoms with Gasteiger partial charge in [-0.2, -0.15) is 5.10 Å². The number of hydrogen-bond donors (Lipinski definition) is 2. The van der Waals surface area contributed by atoms with Crippen LogP contribution < -0.4 is 11.3 Å². The molecule has 1 aromatic rings. The van der Waals surface area contributed by atoms with Crippen molar-refractivity contribution in [3.63, 3.8) is 0 Å². The highest BCUT2D eigenvalue weighted by atomic mass is 15.3. The van der Waals surface area contributed by atoms with Crippen molar-refractivity contribution in [2.45, 2.75) is 39.8 Å². The SMILES string of the molecule is CCn1ncnc1CC(NN)C(C)C. The van der Waals surface area contributed by atoms with E-state index in [1.165, 1.54) is 0 Å². The molecule has 1 rings (SSSR count). The van der Waals surface area contributed by atoms with Crippen LogP contribution in [0.2, 0.25) is 0 Å². The van der Waals surface area contributed by atoms with Gasteiger partial charge in [0, 0.05) is 19.0 Å². The summed E-state index contributed by atoms with van der Waals surface area (Å²) in [5, 5.41) is 4.12. The number of rotatable bonds is 5. The first-order valence-electron chi connectivity index (χ1n) is 5.01. The molecule has 1 aromatic heterocycles. The molecule has 0 saturated carbocycles. The molecule has 14 heavy (non-hydrogen) atoms. The monoisotopic (exact) mass is 197 g/mol. The Morgan fingerprint density at radius 1 is 1.57 bits per heavy atom. The number of aryl methyl sites for hydroxylation is 1. The fraction of sp³-hybridized carbons (Fsp3) is 0.778. The Morgan fingerprint density at radius 3 is 2.79 bits per heavy atom. The molecule has 1 atom stereocenters. The molecule has 0 aliphatic heterocycles. The van der Waals surface area contributed by atoms with E-state index in [1.54, 1.807) is 6.33 Å². The Kier molecular flexibility index (Phi) is 4.03. The summed E-state index contributed by atoms with van der Waals surface area (Å²) < 4.78 is 1.90. The number of aromatic nitrogens is 3. The molecule has 5 heteroatoms. The largest absolute Gasteiger partial charge is 0.271 e. The van der Waals surface area contributed by atoms with E-state index in [2.05, 4.69) is 36.3 Å². The molecule has 3 N–H and O–H groups in total. The van der Waals surface area contributed by atoms with E-state index in [-0.39, 0.29) is 6.04 Å². The summed E-state index contributed by atoms with van der Waals surface area (Å²) in [6.45, 7) is 7.18. The lowest BCUT2D eigenvalue weighted by molar-refractivity contribution is 0.390. The highest BCUT2D eigenvalue weighted by molar-refractivity contribution is 4.90. The number of nitrogens with one attached hydrogen (secondary N) is 1. The average molecular weight is 197 g/mol. The fourth-order valence-corrected chi connectivity index (χ4v) is 1.39. The lowest BCUT2D eigenvalue weighted by atomic mass is 10.0. The summed E-state index contributed by atoms with van der Waals surface area (Å²) in [7, 11) is 0. The van der Waals surface area contributed by atoms with Crippen molar-refractivity contribution < 1.29 is 0 Å². The predicted molar refractivity (Wildman–Crippen MR) is 55.3 cm³/mol. The summed E-state index contributed by atoms with van der Waals surface area (Å²) in [5.41, 5.74) is 2.81. The molecule has 5 nitrogen and oxygen atoms in total. The molecular weight excluding hydrogens is 178 g/mol. The van der Waals surface area contributed by atoms with Gasteiger partial charge in [-0.1, -0.05) is 13.8 Å². The maximum Gasteiger partial charge on any atom is 0.138 e. The highest BCUT2D eigenvalue weighted by Gasteiger charge is 2.15. The van der Waals surface area contributed by atoms with Gasteiger partial charge in [0.15, 0.2) is 0 Å². The van der Waals surface area contributed by atoms with Crippen LogP contribution in [0.1, 0.15) is 26.6 Å². The van der Waals surface area contributed by atoms with Gasteiger partial charge < -0.3 is 0 Å². The third kappa shape index (κ3) is 2.52. The van der Waals surface area contributed by atoms with Crippen LogP contribution in [0, 0.1) is 5.92 Å². The Hall–Kier alpha value is -0.940. The summed E-state index contributed by atoms with van der Waals surface area (Å²) in [4.78, 5) is 4.21. The van der Waals surface area contributed by atoms with E-state index < -0.39 is 0 Å². The van der Waals surface area contributed by atoms with Crippen molar-refractivity contribution >= 4 is 0 Å². The second kappa shape index (κ2) is 5.07. The Bertz CT molecular complexity index is 268. The standard InChI is InChI=1S/C9H19N5/c1-4-14-9(11-6-12-14)5-8(13-10)7(2)3/h6-8,13H,4-5,10H2,1-3H3. The minimum absolute atomic E-state index is 0.254. The van der Waals surface area contributed by atoms with Gasteiger partial charge in [0.2, 0.25) is 0 Å². The third-order valence-electron chi connectivity index (χ3n) is 2.42. The Balaban J connectivity index is 2.66. The van der Waals surface area contributed by atoms with E-state index in [1.807, 2.05) is 4.68 Å². The first kappa shape index (κ1) is 11.1. The molecule has 0 amide bonds. The minimum Gasteiger partial charge on any atom is -0.271 e. The molecule has 0 aliphatic carbocycles. The van der Waals surface area contributed by atoms with Crippen LogP contribution in [-0.2, 0) is 13.0 Å². The molecule has 80 valence electrons. The Labute approximate surface area is 84.7 Å². The van der Waals surface area contributed by atoms with Gasteiger partial charge in [-0.15, -0.1) is 0 Å². The van der Waals surface area contributed by atoms with Gasteiger partial charge in [-0.05, 0) is 12.8 Å². The summed E-state index contributed by atoms with van der Waals surface area (Å²) in [6, 6.07) is 0.254. The molecule has 0 spiro atoms. The van der Waals surface area contributed by atoms with Crippen molar-refractivity contribution in [3.05, 3.63) is 12.2 Å². The molecule has 1 heterocycles. The van der Waals surface area contributed by atoms with Gasteiger partial charge in [0.25, 0.3) is 0 Å². The van der Waals surface area contributed by atoms with Gasteiger partial charge in [0.1, 0.15) is 12.2 Å². The van der Waals surface area contributed by atoms with Crippen molar-refractivity contribution in [2.24, 2.45) is 11.8 Å². The molecule has 0 radical (unpaired) electrons. The first-order valence-corrected chi connectivity index (χ1v) is 5.01. The summed E-state index contributed by atoms with van der Waals surface area (Å²) >= 11 is 0. The molecule has 0 aromatic carbocycles. The zero-order chi connectivity index (χ0) is 10.6. The van der Waals surface area contributed by atoms with Crippen LogP contribution in [0.4, 0.5) is 0 Å². The van der Waals surface area contributed by atoms with Crippen LogP contribution in [0.25, 0.3) is 0 Å². The van der Waals surface area contributed by atoms with Crippen LogP contribution in [0.15, 0.2) is 6.33 Å². The van der Waals surface area contributed by atoms with E-state index in [0.29, 0.717) is 5.92 Å². The molecule has 0 aliphatic rings. The first-order chi connectivity index (χ1) is 6.69. The van der Waals surface area contributed by atoms with E-state index in [9.17, 15) is 0 Å².